The molecular formula is C37H46N8O2. The topological polar surface area (TPSA) is 107 Å². The first-order valence-electron chi connectivity index (χ1n) is 17.3. The maximum absolute atomic E-state index is 12.4. The number of aryl methyl sites for hydroxylation is 1. The van der Waals surface area contributed by atoms with Gasteiger partial charge in [0.05, 0.1) is 30.2 Å². The van der Waals surface area contributed by atoms with Gasteiger partial charge in [0, 0.05) is 35.9 Å². The Morgan fingerprint density at radius 3 is 2.66 bits per heavy atom. The highest BCUT2D eigenvalue weighted by Crippen LogP contribution is 2.63. The maximum Gasteiger partial charge on any atom is 0.410 e. The Kier molecular flexibility index (Phi) is 8.61. The van der Waals surface area contributed by atoms with Crippen molar-refractivity contribution in [3.05, 3.63) is 78.4 Å². The molecule has 3 fully saturated rings. The summed E-state index contributed by atoms with van der Waals surface area (Å²) in [6.07, 6.45) is 10.3. The number of likely N-dealkylation sites (tertiary alicyclic amines) is 2. The van der Waals surface area contributed by atoms with E-state index in [9.17, 15) is 4.79 Å². The average Bonchev–Trinajstić information content (AvgIpc) is 3.39. The van der Waals surface area contributed by atoms with Crippen LogP contribution in [0.15, 0.2) is 67.1 Å². The number of carbonyl (C=O) groups is 1. The number of piperidine rings is 1. The van der Waals surface area contributed by atoms with Crippen LogP contribution >= 0.6 is 0 Å². The summed E-state index contributed by atoms with van der Waals surface area (Å²) in [6, 6.07) is 19.5. The number of fused-ring (bicyclic) bond motifs is 2. The molecule has 2 aromatic carbocycles. The van der Waals surface area contributed by atoms with Crippen molar-refractivity contribution in [2.24, 2.45) is 5.92 Å². The van der Waals surface area contributed by atoms with E-state index >= 15 is 0 Å². The molecule has 0 bridgehead atoms. The van der Waals surface area contributed by atoms with Gasteiger partial charge >= 0.3 is 6.09 Å². The number of nitrogens with two attached hydrogens (primary N) is 1. The second-order valence-corrected chi connectivity index (χ2v) is 13.2. The molecule has 3 atom stereocenters. The summed E-state index contributed by atoms with van der Waals surface area (Å²) >= 11 is 0. The number of hydrogen-bond acceptors (Lipinski definition) is 7. The molecule has 5 aromatic rings. The summed E-state index contributed by atoms with van der Waals surface area (Å²) in [5.74, 6) is 1.08. The molecule has 2 N–H and O–H groups in total. The second-order valence-electron chi connectivity index (χ2n) is 13.2. The summed E-state index contributed by atoms with van der Waals surface area (Å²) in [5.41, 5.74) is 12.7. The summed E-state index contributed by atoms with van der Waals surface area (Å²) in [5, 5.41) is 10.6. The quantitative estimate of drug-likeness (QED) is 0.177. The third kappa shape index (κ3) is 5.73. The van der Waals surface area contributed by atoms with Crippen LogP contribution in [0.2, 0.25) is 0 Å². The Balaban J connectivity index is 0.000000833. The minimum Gasteiger partial charge on any atom is -0.450 e. The molecule has 1 spiro atoms. The Labute approximate surface area is 276 Å². The highest BCUT2D eigenvalue weighted by atomic mass is 16.6. The first kappa shape index (κ1) is 31.2. The Morgan fingerprint density at radius 1 is 1.04 bits per heavy atom. The molecule has 1 amide bonds. The number of carbonyl (C=O) groups excluding carboxylic acids is 1. The number of nitrogen functional groups attached to an aromatic ring is 1. The summed E-state index contributed by atoms with van der Waals surface area (Å²) in [4.78, 5) is 21.2. The van der Waals surface area contributed by atoms with Gasteiger partial charge in [-0.05, 0) is 68.3 Å². The van der Waals surface area contributed by atoms with Crippen molar-refractivity contribution in [1.29, 1.82) is 0 Å². The minimum atomic E-state index is -0.139. The maximum atomic E-state index is 12.4. The van der Waals surface area contributed by atoms with E-state index in [1.54, 1.807) is 0 Å². The van der Waals surface area contributed by atoms with Crippen LogP contribution < -0.4 is 5.73 Å². The molecule has 1 saturated carbocycles. The van der Waals surface area contributed by atoms with Gasteiger partial charge in [-0.1, -0.05) is 69.2 Å². The Morgan fingerprint density at radius 2 is 1.87 bits per heavy atom. The van der Waals surface area contributed by atoms with Gasteiger partial charge in [-0.15, -0.1) is 0 Å². The number of benzene rings is 2. The van der Waals surface area contributed by atoms with Crippen molar-refractivity contribution in [3.8, 4) is 11.1 Å². The average molecular weight is 635 g/mol. The van der Waals surface area contributed by atoms with Crippen LogP contribution in [0.3, 0.4) is 0 Å². The van der Waals surface area contributed by atoms with Gasteiger partial charge in [-0.25, -0.2) is 14.3 Å². The van der Waals surface area contributed by atoms with Crippen molar-refractivity contribution < 1.29 is 9.53 Å². The van der Waals surface area contributed by atoms with Gasteiger partial charge in [0.1, 0.15) is 11.8 Å². The van der Waals surface area contributed by atoms with E-state index in [2.05, 4.69) is 83.6 Å². The van der Waals surface area contributed by atoms with Gasteiger partial charge in [0.15, 0.2) is 5.82 Å². The number of anilines is 1. The summed E-state index contributed by atoms with van der Waals surface area (Å²) in [6.45, 7) is 10.3. The van der Waals surface area contributed by atoms with Crippen molar-refractivity contribution in [2.45, 2.75) is 77.4 Å². The number of hydrogen-bond donors (Lipinski definition) is 1. The van der Waals surface area contributed by atoms with Gasteiger partial charge < -0.3 is 10.5 Å². The largest absolute Gasteiger partial charge is 0.450 e. The molecule has 3 unspecified atom stereocenters. The fraction of sp³-hybridized carbons (Fsp3) is 0.459. The predicted molar refractivity (Wildman–Crippen MR) is 185 cm³/mol. The van der Waals surface area contributed by atoms with Crippen LogP contribution in [-0.4, -0.2) is 78.1 Å². The molecule has 3 aliphatic rings. The van der Waals surface area contributed by atoms with Crippen molar-refractivity contribution >= 4 is 28.3 Å². The molecule has 246 valence electrons. The monoisotopic (exact) mass is 634 g/mol. The van der Waals surface area contributed by atoms with Gasteiger partial charge in [-0.3, -0.25) is 14.5 Å². The zero-order chi connectivity index (χ0) is 32.5. The fourth-order valence-electron chi connectivity index (χ4n) is 7.64. The molecule has 2 aliphatic heterocycles. The molecular weight excluding hydrogens is 588 g/mol. The summed E-state index contributed by atoms with van der Waals surface area (Å²) in [7, 11) is 0. The molecule has 10 heteroatoms. The van der Waals surface area contributed by atoms with Gasteiger partial charge in [-0.2, -0.15) is 10.2 Å². The molecule has 3 aromatic heterocycles. The normalized spacial score (nSPS) is 21.2. The van der Waals surface area contributed by atoms with Crippen LogP contribution in [0.4, 0.5) is 10.6 Å². The number of unbranched alkanes of at least 4 members (excludes halogenated alkanes) is 2. The smallest absolute Gasteiger partial charge is 0.410 e. The fourth-order valence-corrected chi connectivity index (χ4v) is 7.64. The first-order valence-corrected chi connectivity index (χ1v) is 17.3. The van der Waals surface area contributed by atoms with Crippen molar-refractivity contribution in [3.63, 3.8) is 0 Å². The van der Waals surface area contributed by atoms with Crippen LogP contribution in [0.1, 0.15) is 64.1 Å². The highest BCUT2D eigenvalue weighted by Gasteiger charge is 2.76. The van der Waals surface area contributed by atoms with E-state index in [0.717, 1.165) is 85.1 Å². The zero-order valence-electron chi connectivity index (χ0n) is 27.8. The second kappa shape index (κ2) is 13.0. The van der Waals surface area contributed by atoms with Crippen LogP contribution in [-0.2, 0) is 17.7 Å². The zero-order valence-corrected chi connectivity index (χ0v) is 27.8. The van der Waals surface area contributed by atoms with Crippen LogP contribution in [0.25, 0.3) is 27.5 Å². The number of amides is 1. The number of aromatic nitrogens is 5. The number of ether oxygens (including phenoxy) is 1. The molecule has 10 nitrogen and oxygen atoms in total. The van der Waals surface area contributed by atoms with Crippen LogP contribution in [0.5, 0.6) is 0 Å². The Bertz CT molecular complexity index is 1860. The third-order valence-corrected chi connectivity index (χ3v) is 10.3. The third-order valence-electron chi connectivity index (χ3n) is 10.3. The number of rotatable bonds is 10. The van der Waals surface area contributed by atoms with E-state index in [4.69, 9.17) is 15.6 Å². The lowest BCUT2D eigenvalue weighted by Crippen LogP contribution is -2.67. The molecule has 8 rings (SSSR count). The standard InChI is InChI=1S/C33H36N8O2.C4H10/c1-2-43-32(42)40-20-29-33(40)16-25(33)19-38(29)13-7-6-10-26-15-27(30-31(34)35-21-36-41(26)30)23-11-12-24-18-39(37-28(24)14-23)17-22-8-4-3-5-9-22;1-3-4-2/h3-5,8-9,11-12,14-15,18,21,25,29H,2,6-7,10,13,16-17,19-20H2,1H3,(H2,34,35,36);3-4H2,1-2H3. The van der Waals surface area contributed by atoms with E-state index in [1.165, 1.54) is 24.7 Å². The highest BCUT2D eigenvalue weighted by molar-refractivity contribution is 5.92. The lowest BCUT2D eigenvalue weighted by Gasteiger charge is -2.49. The van der Waals surface area contributed by atoms with E-state index < -0.39 is 0 Å². The van der Waals surface area contributed by atoms with Gasteiger partial charge in [0.2, 0.25) is 0 Å². The van der Waals surface area contributed by atoms with Crippen molar-refractivity contribution in [2.75, 3.05) is 32.0 Å². The number of nitrogens with zero attached hydrogens (tertiary/aromatic N) is 7. The van der Waals surface area contributed by atoms with Crippen LogP contribution in [0, 0.1) is 5.92 Å². The van der Waals surface area contributed by atoms with E-state index in [1.807, 2.05) is 27.1 Å². The summed E-state index contributed by atoms with van der Waals surface area (Å²) < 4.78 is 9.24. The predicted octanol–water partition coefficient (Wildman–Crippen LogP) is 6.42. The van der Waals surface area contributed by atoms with Gasteiger partial charge in [0.25, 0.3) is 0 Å². The minimum absolute atomic E-state index is 0.0613. The van der Waals surface area contributed by atoms with E-state index in [-0.39, 0.29) is 11.6 Å². The van der Waals surface area contributed by atoms with Crippen molar-refractivity contribution in [1.82, 2.24) is 34.2 Å². The molecule has 1 aliphatic carbocycles. The molecule has 47 heavy (non-hydrogen) atoms. The van der Waals surface area contributed by atoms with E-state index in [0.29, 0.717) is 24.4 Å². The first-order chi connectivity index (χ1) is 23.0. The molecule has 0 radical (unpaired) electrons. The molecule has 2 saturated heterocycles. The SMILES string of the molecule is CCCC.CCOC(=O)N1CC2N(CCCCc3cc(-c4ccc5cn(Cc6ccccc6)nc5c4)c4c(N)ncnn34)CC3CC321. The molecule has 5 heterocycles. The Hall–Kier alpha value is -4.44. The lowest BCUT2D eigenvalue weighted by atomic mass is 9.93. The lowest BCUT2D eigenvalue weighted by molar-refractivity contribution is -0.0146.